The molecule has 0 unspecified atom stereocenters. The third-order valence-corrected chi connectivity index (χ3v) is 5.11. The summed E-state index contributed by atoms with van der Waals surface area (Å²) in [6, 6.07) is 8.42. The van der Waals surface area contributed by atoms with Crippen molar-refractivity contribution in [3.63, 3.8) is 0 Å². The van der Waals surface area contributed by atoms with Crippen molar-refractivity contribution in [3.8, 4) is 11.4 Å². The smallest absolute Gasteiger partial charge is 0.191 e. The standard InChI is InChI=1S/C17H26N4OS/c1-6-21(7-2)14-10-8-13(9-11-14)15-18-19-16(20(15)5)23-12-17(3,4)22/h8-11,22H,6-7,12H2,1-5H3. The molecule has 2 rings (SSSR count). The van der Waals surface area contributed by atoms with Crippen molar-refractivity contribution in [2.24, 2.45) is 7.05 Å². The lowest BCUT2D eigenvalue weighted by atomic mass is 10.2. The molecule has 0 saturated heterocycles. The first-order valence-electron chi connectivity index (χ1n) is 7.95. The fourth-order valence-electron chi connectivity index (χ4n) is 2.34. The first-order valence-corrected chi connectivity index (χ1v) is 8.94. The zero-order chi connectivity index (χ0) is 17.0. The van der Waals surface area contributed by atoms with Crippen molar-refractivity contribution in [2.45, 2.75) is 38.5 Å². The van der Waals surface area contributed by atoms with Gasteiger partial charge in [0.05, 0.1) is 5.60 Å². The van der Waals surface area contributed by atoms with E-state index in [1.54, 1.807) is 13.8 Å². The molecule has 2 aromatic rings. The maximum atomic E-state index is 9.84. The highest BCUT2D eigenvalue weighted by molar-refractivity contribution is 7.99. The Morgan fingerprint density at radius 2 is 1.74 bits per heavy atom. The highest BCUT2D eigenvalue weighted by Gasteiger charge is 2.17. The van der Waals surface area contributed by atoms with Gasteiger partial charge in [-0.05, 0) is 52.0 Å². The van der Waals surface area contributed by atoms with Gasteiger partial charge in [-0.1, -0.05) is 11.8 Å². The molecule has 0 aliphatic heterocycles. The van der Waals surface area contributed by atoms with E-state index in [0.29, 0.717) is 5.75 Å². The summed E-state index contributed by atoms with van der Waals surface area (Å²) in [6.07, 6.45) is 0. The summed E-state index contributed by atoms with van der Waals surface area (Å²) in [6.45, 7) is 9.90. The highest BCUT2D eigenvalue weighted by Crippen LogP contribution is 2.26. The van der Waals surface area contributed by atoms with Gasteiger partial charge in [-0.3, -0.25) is 0 Å². The van der Waals surface area contributed by atoms with Crippen LogP contribution in [0.4, 0.5) is 5.69 Å². The number of aromatic nitrogens is 3. The summed E-state index contributed by atoms with van der Waals surface area (Å²) in [5.41, 5.74) is 1.55. The monoisotopic (exact) mass is 334 g/mol. The predicted molar refractivity (Wildman–Crippen MR) is 97.0 cm³/mol. The van der Waals surface area contributed by atoms with Gasteiger partial charge in [0.1, 0.15) is 0 Å². The van der Waals surface area contributed by atoms with E-state index >= 15 is 0 Å². The quantitative estimate of drug-likeness (QED) is 0.788. The summed E-state index contributed by atoms with van der Waals surface area (Å²) < 4.78 is 1.98. The lowest BCUT2D eigenvalue weighted by molar-refractivity contribution is 0.107. The van der Waals surface area contributed by atoms with Gasteiger partial charge in [-0.2, -0.15) is 0 Å². The molecule has 0 aliphatic carbocycles. The Labute approximate surface area is 142 Å². The van der Waals surface area contributed by atoms with Gasteiger partial charge in [0.15, 0.2) is 11.0 Å². The van der Waals surface area contributed by atoms with Gasteiger partial charge in [0.25, 0.3) is 0 Å². The number of hydrogen-bond acceptors (Lipinski definition) is 5. The fraction of sp³-hybridized carbons (Fsp3) is 0.529. The van der Waals surface area contributed by atoms with Crippen molar-refractivity contribution in [3.05, 3.63) is 24.3 Å². The van der Waals surface area contributed by atoms with E-state index in [1.165, 1.54) is 17.4 Å². The molecule has 0 aliphatic rings. The maximum absolute atomic E-state index is 9.84. The van der Waals surface area contributed by atoms with Gasteiger partial charge in [-0.25, -0.2) is 0 Å². The zero-order valence-electron chi connectivity index (χ0n) is 14.6. The van der Waals surface area contributed by atoms with Crippen LogP contribution in [-0.2, 0) is 7.05 Å². The zero-order valence-corrected chi connectivity index (χ0v) is 15.4. The second-order valence-corrected chi connectivity index (χ2v) is 7.13. The molecular formula is C17H26N4OS. The van der Waals surface area contributed by atoms with E-state index in [-0.39, 0.29) is 0 Å². The highest BCUT2D eigenvalue weighted by atomic mass is 32.2. The molecule has 0 fully saturated rings. The molecule has 0 amide bonds. The summed E-state index contributed by atoms with van der Waals surface area (Å²) in [4.78, 5) is 2.31. The minimum absolute atomic E-state index is 0.583. The Kier molecular flexibility index (Phi) is 5.70. The number of aliphatic hydroxyl groups is 1. The summed E-state index contributed by atoms with van der Waals surface area (Å²) in [7, 11) is 1.96. The predicted octanol–water partition coefficient (Wildman–Crippen LogP) is 3.19. The number of thioether (sulfide) groups is 1. The molecule has 126 valence electrons. The average molecular weight is 334 g/mol. The Balaban J connectivity index is 2.18. The normalized spacial score (nSPS) is 11.7. The van der Waals surface area contributed by atoms with Crippen LogP contribution in [0.1, 0.15) is 27.7 Å². The van der Waals surface area contributed by atoms with Crippen LogP contribution in [0.15, 0.2) is 29.4 Å². The fourth-order valence-corrected chi connectivity index (χ4v) is 3.20. The van der Waals surface area contributed by atoms with Crippen LogP contribution in [0.25, 0.3) is 11.4 Å². The molecule has 23 heavy (non-hydrogen) atoms. The third kappa shape index (κ3) is 4.48. The molecule has 5 nitrogen and oxygen atoms in total. The molecule has 0 saturated carbocycles. The summed E-state index contributed by atoms with van der Waals surface area (Å²) in [5, 5.41) is 19.2. The average Bonchev–Trinajstić information content (AvgIpc) is 2.87. The van der Waals surface area contributed by atoms with E-state index < -0.39 is 5.60 Å². The van der Waals surface area contributed by atoms with Gasteiger partial charge in [0.2, 0.25) is 0 Å². The SMILES string of the molecule is CCN(CC)c1ccc(-c2nnc(SCC(C)(C)O)n2C)cc1. The number of hydrogen-bond donors (Lipinski definition) is 1. The molecule has 0 atom stereocenters. The van der Waals surface area contributed by atoms with Crippen molar-refractivity contribution in [2.75, 3.05) is 23.7 Å². The largest absolute Gasteiger partial charge is 0.390 e. The summed E-state index contributed by atoms with van der Waals surface area (Å²) >= 11 is 1.52. The molecular weight excluding hydrogens is 308 g/mol. The Morgan fingerprint density at radius 1 is 1.13 bits per heavy atom. The first-order chi connectivity index (χ1) is 10.9. The maximum Gasteiger partial charge on any atom is 0.191 e. The molecule has 1 heterocycles. The molecule has 1 N–H and O–H groups in total. The van der Waals surface area contributed by atoms with Crippen LogP contribution in [-0.4, -0.2) is 44.3 Å². The molecule has 0 bridgehead atoms. The van der Waals surface area contributed by atoms with Gasteiger partial charge in [-0.15, -0.1) is 10.2 Å². The van der Waals surface area contributed by atoms with E-state index in [9.17, 15) is 5.11 Å². The number of nitrogens with zero attached hydrogens (tertiary/aromatic N) is 4. The molecule has 0 radical (unpaired) electrons. The van der Waals surface area contributed by atoms with Gasteiger partial charge >= 0.3 is 0 Å². The van der Waals surface area contributed by atoms with Crippen molar-refractivity contribution >= 4 is 17.4 Å². The lowest BCUT2D eigenvalue weighted by Crippen LogP contribution is -2.22. The van der Waals surface area contributed by atoms with E-state index in [4.69, 9.17) is 0 Å². The first kappa shape index (κ1) is 17.8. The van der Waals surface area contributed by atoms with Crippen LogP contribution < -0.4 is 4.90 Å². The van der Waals surface area contributed by atoms with E-state index in [0.717, 1.165) is 29.6 Å². The summed E-state index contributed by atoms with van der Waals surface area (Å²) in [5.74, 6) is 1.43. The van der Waals surface area contributed by atoms with Crippen molar-refractivity contribution < 1.29 is 5.11 Å². The number of rotatable bonds is 7. The molecule has 0 spiro atoms. The lowest BCUT2D eigenvalue weighted by Gasteiger charge is -2.21. The van der Waals surface area contributed by atoms with Crippen molar-refractivity contribution in [1.82, 2.24) is 14.8 Å². The second-order valence-electron chi connectivity index (χ2n) is 6.19. The van der Waals surface area contributed by atoms with Crippen LogP contribution in [0.5, 0.6) is 0 Å². The van der Waals surface area contributed by atoms with Gasteiger partial charge < -0.3 is 14.6 Å². The van der Waals surface area contributed by atoms with E-state index in [2.05, 4.69) is 53.2 Å². The minimum atomic E-state index is -0.720. The Hall–Kier alpha value is -1.53. The number of benzene rings is 1. The van der Waals surface area contributed by atoms with Crippen molar-refractivity contribution in [1.29, 1.82) is 0 Å². The minimum Gasteiger partial charge on any atom is -0.390 e. The number of anilines is 1. The van der Waals surface area contributed by atoms with Crippen LogP contribution in [0.2, 0.25) is 0 Å². The molecule has 1 aromatic heterocycles. The van der Waals surface area contributed by atoms with Crippen LogP contribution in [0, 0.1) is 0 Å². The Morgan fingerprint density at radius 3 is 2.26 bits per heavy atom. The molecule has 1 aromatic carbocycles. The van der Waals surface area contributed by atoms with Crippen LogP contribution >= 0.6 is 11.8 Å². The molecule has 6 heteroatoms. The van der Waals surface area contributed by atoms with Gasteiger partial charge in [0, 0.05) is 37.1 Å². The van der Waals surface area contributed by atoms with Crippen LogP contribution in [0.3, 0.4) is 0 Å². The topological polar surface area (TPSA) is 54.2 Å². The third-order valence-electron chi connectivity index (χ3n) is 3.64. The van der Waals surface area contributed by atoms with E-state index in [1.807, 2.05) is 11.6 Å². The Bertz CT molecular complexity index is 627. The second kappa shape index (κ2) is 7.36.